The maximum Gasteiger partial charge on any atom is 0.131 e. The zero-order chi connectivity index (χ0) is 25.0. The van der Waals surface area contributed by atoms with E-state index < -0.39 is 0 Å². The molecule has 4 heteroatoms. The standard InChI is InChI=1S/C33H28N4/c1-23-30(16-9-21-34-23)29-15-8-14-28(22-29)24-17-19-27(20-18-24)33-36-31(25-10-4-2-5-11-25)35-32(37-33)26-12-6-3-7-13-26/h2-22,31,33,36H,1H3,(H,35,37). The van der Waals surface area contributed by atoms with Crippen LogP contribution >= 0.6 is 0 Å². The molecule has 0 radical (unpaired) electrons. The van der Waals surface area contributed by atoms with Crippen LogP contribution in [0, 0.1) is 6.92 Å². The molecule has 2 heterocycles. The van der Waals surface area contributed by atoms with Crippen molar-refractivity contribution in [2.24, 2.45) is 4.99 Å². The zero-order valence-corrected chi connectivity index (χ0v) is 20.7. The summed E-state index contributed by atoms with van der Waals surface area (Å²) in [6, 6.07) is 42.2. The lowest BCUT2D eigenvalue weighted by atomic mass is 9.97. The van der Waals surface area contributed by atoms with Crippen LogP contribution in [0.25, 0.3) is 22.3 Å². The maximum atomic E-state index is 5.05. The molecule has 0 aliphatic carbocycles. The van der Waals surface area contributed by atoms with Crippen molar-refractivity contribution in [3.8, 4) is 22.3 Å². The fourth-order valence-electron chi connectivity index (χ4n) is 4.80. The number of benzene rings is 4. The van der Waals surface area contributed by atoms with E-state index in [9.17, 15) is 0 Å². The van der Waals surface area contributed by atoms with Crippen molar-refractivity contribution in [3.63, 3.8) is 0 Å². The molecule has 5 aromatic rings. The first-order chi connectivity index (χ1) is 18.2. The largest absolute Gasteiger partial charge is 0.350 e. The van der Waals surface area contributed by atoms with Crippen molar-refractivity contribution in [1.82, 2.24) is 15.6 Å². The third-order valence-corrected chi connectivity index (χ3v) is 6.78. The maximum absolute atomic E-state index is 5.05. The third-order valence-electron chi connectivity index (χ3n) is 6.78. The van der Waals surface area contributed by atoms with E-state index in [1.165, 1.54) is 22.3 Å². The molecule has 1 aromatic heterocycles. The van der Waals surface area contributed by atoms with E-state index >= 15 is 0 Å². The minimum absolute atomic E-state index is 0.0435. The van der Waals surface area contributed by atoms with Crippen molar-refractivity contribution in [2.75, 3.05) is 0 Å². The third kappa shape index (κ3) is 4.92. The molecule has 0 saturated heterocycles. The Balaban J connectivity index is 1.31. The summed E-state index contributed by atoms with van der Waals surface area (Å²) in [7, 11) is 0. The summed E-state index contributed by atoms with van der Waals surface area (Å²) in [5.74, 6) is 0.891. The smallest absolute Gasteiger partial charge is 0.131 e. The molecule has 0 spiro atoms. The highest BCUT2D eigenvalue weighted by Gasteiger charge is 2.25. The van der Waals surface area contributed by atoms with E-state index in [4.69, 9.17) is 4.99 Å². The Hall–Kier alpha value is -4.54. The average Bonchev–Trinajstić information content (AvgIpc) is 2.98. The highest BCUT2D eigenvalue weighted by molar-refractivity contribution is 5.99. The van der Waals surface area contributed by atoms with E-state index in [0.717, 1.165) is 28.2 Å². The molecule has 1 aliphatic rings. The van der Waals surface area contributed by atoms with Gasteiger partial charge in [-0.05, 0) is 46.9 Å². The molecule has 2 atom stereocenters. The molecule has 180 valence electrons. The van der Waals surface area contributed by atoms with E-state index in [2.05, 4.69) is 114 Å². The Labute approximate surface area is 217 Å². The first-order valence-electron chi connectivity index (χ1n) is 12.6. The number of aromatic nitrogens is 1. The van der Waals surface area contributed by atoms with Crippen LogP contribution in [-0.4, -0.2) is 10.8 Å². The lowest BCUT2D eigenvalue weighted by molar-refractivity contribution is 0.409. The summed E-state index contributed by atoms with van der Waals surface area (Å²) in [5, 5.41) is 7.26. The summed E-state index contributed by atoms with van der Waals surface area (Å²) in [4.78, 5) is 9.50. The number of aliphatic imine (C=N–C) groups is 1. The zero-order valence-electron chi connectivity index (χ0n) is 20.7. The lowest BCUT2D eigenvalue weighted by Crippen LogP contribution is -2.44. The highest BCUT2D eigenvalue weighted by atomic mass is 15.3. The summed E-state index contributed by atoms with van der Waals surface area (Å²) in [6.45, 7) is 2.05. The Morgan fingerprint density at radius 3 is 2.05 bits per heavy atom. The number of aryl methyl sites for hydroxylation is 1. The molecule has 1 aliphatic heterocycles. The second kappa shape index (κ2) is 10.2. The van der Waals surface area contributed by atoms with E-state index in [-0.39, 0.29) is 12.3 Å². The number of amidine groups is 1. The van der Waals surface area contributed by atoms with Gasteiger partial charge < -0.3 is 5.32 Å². The average molecular weight is 481 g/mol. The fourth-order valence-corrected chi connectivity index (χ4v) is 4.80. The quantitative estimate of drug-likeness (QED) is 0.283. The van der Waals surface area contributed by atoms with Crippen LogP contribution in [0.4, 0.5) is 0 Å². The van der Waals surface area contributed by atoms with Crippen molar-refractivity contribution in [2.45, 2.75) is 19.3 Å². The molecule has 37 heavy (non-hydrogen) atoms. The number of hydrogen-bond acceptors (Lipinski definition) is 4. The van der Waals surface area contributed by atoms with Gasteiger partial charge in [0.15, 0.2) is 0 Å². The van der Waals surface area contributed by atoms with Gasteiger partial charge in [-0.1, -0.05) is 109 Å². The molecule has 0 bridgehead atoms. The Kier molecular flexibility index (Phi) is 6.32. The van der Waals surface area contributed by atoms with E-state index in [1.54, 1.807) is 0 Å². The van der Waals surface area contributed by atoms with Crippen LogP contribution in [0.2, 0.25) is 0 Å². The van der Waals surface area contributed by atoms with E-state index in [0.29, 0.717) is 0 Å². The SMILES string of the molecule is Cc1ncccc1-c1cccc(-c2ccc(C3N=C(c4ccccc4)NC(c4ccccc4)N3)cc2)c1. The molecule has 2 N–H and O–H groups in total. The van der Waals surface area contributed by atoms with Crippen LogP contribution in [0.5, 0.6) is 0 Å². The highest BCUT2D eigenvalue weighted by Crippen LogP contribution is 2.30. The monoisotopic (exact) mass is 480 g/mol. The van der Waals surface area contributed by atoms with Gasteiger partial charge >= 0.3 is 0 Å². The van der Waals surface area contributed by atoms with Crippen LogP contribution in [0.1, 0.15) is 34.7 Å². The molecule has 0 fully saturated rings. The van der Waals surface area contributed by atoms with E-state index in [1.807, 2.05) is 36.5 Å². The predicted molar refractivity (Wildman–Crippen MR) is 151 cm³/mol. The number of nitrogens with one attached hydrogen (secondary N) is 2. The van der Waals surface area contributed by atoms with Gasteiger partial charge in [0.25, 0.3) is 0 Å². The first-order valence-corrected chi connectivity index (χ1v) is 12.6. The Morgan fingerprint density at radius 1 is 0.595 bits per heavy atom. The number of rotatable bonds is 5. The van der Waals surface area contributed by atoms with Crippen molar-refractivity contribution in [3.05, 3.63) is 150 Å². The molecule has 2 unspecified atom stereocenters. The van der Waals surface area contributed by atoms with Gasteiger partial charge in [0, 0.05) is 23.0 Å². The van der Waals surface area contributed by atoms with Gasteiger partial charge in [-0.3, -0.25) is 10.3 Å². The molecule has 0 amide bonds. The van der Waals surface area contributed by atoms with Gasteiger partial charge in [-0.2, -0.15) is 0 Å². The Bertz CT molecular complexity index is 1530. The molecule has 4 aromatic carbocycles. The summed E-state index contributed by atoms with van der Waals surface area (Å²) in [5.41, 5.74) is 9.11. The van der Waals surface area contributed by atoms with Gasteiger partial charge in [-0.25, -0.2) is 4.99 Å². The van der Waals surface area contributed by atoms with Crippen LogP contribution in [0.3, 0.4) is 0 Å². The molecular weight excluding hydrogens is 452 g/mol. The fraction of sp³-hybridized carbons (Fsp3) is 0.0909. The lowest BCUT2D eigenvalue weighted by Gasteiger charge is -2.32. The van der Waals surface area contributed by atoms with Gasteiger partial charge in [0.1, 0.15) is 18.2 Å². The predicted octanol–water partition coefficient (Wildman–Crippen LogP) is 7.06. The normalized spacial score (nSPS) is 17.1. The second-order valence-corrected chi connectivity index (χ2v) is 9.24. The summed E-state index contributed by atoms with van der Waals surface area (Å²) >= 11 is 0. The van der Waals surface area contributed by atoms with Crippen LogP contribution < -0.4 is 10.6 Å². The Morgan fingerprint density at radius 2 is 1.30 bits per heavy atom. The topological polar surface area (TPSA) is 49.3 Å². The minimum Gasteiger partial charge on any atom is -0.350 e. The second-order valence-electron chi connectivity index (χ2n) is 9.24. The van der Waals surface area contributed by atoms with Gasteiger partial charge in [0.05, 0.1) is 0 Å². The van der Waals surface area contributed by atoms with Crippen molar-refractivity contribution in [1.29, 1.82) is 0 Å². The molecular formula is C33H28N4. The minimum atomic E-state index is -0.167. The molecule has 6 rings (SSSR count). The van der Waals surface area contributed by atoms with Crippen molar-refractivity contribution < 1.29 is 0 Å². The van der Waals surface area contributed by atoms with Crippen molar-refractivity contribution >= 4 is 5.84 Å². The van der Waals surface area contributed by atoms with Gasteiger partial charge in [-0.15, -0.1) is 0 Å². The first kappa shape index (κ1) is 22.9. The summed E-state index contributed by atoms with van der Waals surface area (Å²) in [6.07, 6.45) is 1.63. The number of pyridine rings is 1. The molecule has 0 saturated carbocycles. The van der Waals surface area contributed by atoms with Crippen LogP contribution in [0.15, 0.2) is 133 Å². The summed E-state index contributed by atoms with van der Waals surface area (Å²) < 4.78 is 0. The molecule has 4 nitrogen and oxygen atoms in total. The number of nitrogens with zero attached hydrogens (tertiary/aromatic N) is 2. The number of hydrogen-bond donors (Lipinski definition) is 2. The van der Waals surface area contributed by atoms with Gasteiger partial charge in [0.2, 0.25) is 0 Å². The van der Waals surface area contributed by atoms with Crippen LogP contribution in [-0.2, 0) is 0 Å².